The van der Waals surface area contributed by atoms with Crippen LogP contribution in [0.15, 0.2) is 0 Å². The Morgan fingerprint density at radius 3 is 2.26 bits per heavy atom. The quantitative estimate of drug-likeness (QED) is 0.699. The van der Waals surface area contributed by atoms with Gasteiger partial charge in [0.2, 0.25) is 0 Å². The molecule has 0 aromatic carbocycles. The molecule has 4 fully saturated rings. The van der Waals surface area contributed by atoms with Crippen LogP contribution in [0.25, 0.3) is 0 Å². The Labute approximate surface area is 141 Å². The second kappa shape index (κ2) is 5.22. The summed E-state index contributed by atoms with van der Waals surface area (Å²) in [5.74, 6) is 3.95. The summed E-state index contributed by atoms with van der Waals surface area (Å²) in [6, 6.07) is 2.64. The van der Waals surface area contributed by atoms with Crippen LogP contribution in [-0.2, 0) is 0 Å². The van der Waals surface area contributed by atoms with Gasteiger partial charge in [-0.25, -0.2) is 0 Å². The van der Waals surface area contributed by atoms with Crippen molar-refractivity contribution >= 4 is 0 Å². The topological polar surface area (TPSA) is 44.0 Å². The lowest BCUT2D eigenvalue weighted by Gasteiger charge is -2.62. The fourth-order valence-electron chi connectivity index (χ4n) is 7.92. The molecular weight excluding hydrogens is 282 g/mol. The number of aliphatic hydroxyl groups is 1. The molecule has 23 heavy (non-hydrogen) atoms. The SMILES string of the molecule is C[C@@H]1C2CC[C@@H]3C(CC[C@@]4(C)C3CC[C@@H]4C#N)[C@@]2(C)CC[C@H]1O. The molecule has 0 spiro atoms. The molecule has 4 rings (SSSR count). The molecule has 0 saturated heterocycles. The van der Waals surface area contributed by atoms with Gasteiger partial charge in [-0.3, -0.25) is 0 Å². The highest BCUT2D eigenvalue weighted by atomic mass is 16.3. The van der Waals surface area contributed by atoms with Crippen molar-refractivity contribution in [1.82, 2.24) is 0 Å². The van der Waals surface area contributed by atoms with E-state index in [2.05, 4.69) is 26.8 Å². The van der Waals surface area contributed by atoms with E-state index >= 15 is 0 Å². The average Bonchev–Trinajstić information content (AvgIpc) is 2.88. The van der Waals surface area contributed by atoms with E-state index in [4.69, 9.17) is 0 Å². The van der Waals surface area contributed by atoms with Crippen molar-refractivity contribution in [3.8, 4) is 6.07 Å². The van der Waals surface area contributed by atoms with E-state index < -0.39 is 0 Å². The molecule has 0 amide bonds. The third-order valence-corrected chi connectivity index (χ3v) is 9.32. The van der Waals surface area contributed by atoms with Crippen LogP contribution in [0.2, 0.25) is 0 Å². The second-order valence-corrected chi connectivity index (χ2v) is 9.84. The molecule has 0 bridgehead atoms. The maximum absolute atomic E-state index is 10.3. The van der Waals surface area contributed by atoms with E-state index in [1.807, 2.05) is 0 Å². The molecule has 4 aliphatic rings. The predicted molar refractivity (Wildman–Crippen MR) is 91.4 cm³/mol. The molecule has 4 aliphatic carbocycles. The summed E-state index contributed by atoms with van der Waals surface area (Å²) in [5, 5.41) is 19.9. The molecule has 0 aromatic heterocycles. The maximum atomic E-state index is 10.3. The van der Waals surface area contributed by atoms with Gasteiger partial charge in [0.05, 0.1) is 18.1 Å². The van der Waals surface area contributed by atoms with Crippen LogP contribution in [-0.4, -0.2) is 11.2 Å². The number of aliphatic hydroxyl groups excluding tert-OH is 1. The molecule has 1 N–H and O–H groups in total. The molecule has 2 nitrogen and oxygen atoms in total. The average molecular weight is 316 g/mol. The van der Waals surface area contributed by atoms with Crippen LogP contribution < -0.4 is 0 Å². The van der Waals surface area contributed by atoms with Crippen LogP contribution >= 0.6 is 0 Å². The molecule has 4 saturated carbocycles. The van der Waals surface area contributed by atoms with E-state index in [9.17, 15) is 10.4 Å². The van der Waals surface area contributed by atoms with Crippen LogP contribution in [0, 0.1) is 57.7 Å². The number of rotatable bonds is 0. The standard InChI is InChI=1S/C21H33NO/c1-13-16-7-5-15-17-6-4-14(12-22)20(17,2)10-8-18(15)21(16,3)11-9-19(13)23/h13-19,23H,4-11H2,1-3H3/t13-,14-,15+,16?,17?,18?,19-,20-,21+/m1/s1. The molecular formula is C21H33NO. The van der Waals surface area contributed by atoms with E-state index in [1.54, 1.807) is 0 Å². The summed E-state index contributed by atoms with van der Waals surface area (Å²) in [6.07, 6.45) is 9.80. The summed E-state index contributed by atoms with van der Waals surface area (Å²) in [6.45, 7) is 7.27. The zero-order valence-electron chi connectivity index (χ0n) is 15.1. The predicted octanol–water partition coefficient (Wildman–Crippen LogP) is 4.78. The van der Waals surface area contributed by atoms with Gasteiger partial charge in [-0.15, -0.1) is 0 Å². The highest BCUT2D eigenvalue weighted by molar-refractivity contribution is 5.13. The molecule has 0 heterocycles. The number of fused-ring (bicyclic) bond motifs is 5. The number of nitrogens with zero attached hydrogens (tertiary/aromatic N) is 1. The highest BCUT2D eigenvalue weighted by Gasteiger charge is 2.61. The van der Waals surface area contributed by atoms with Crippen LogP contribution in [0.1, 0.15) is 72.1 Å². The lowest BCUT2D eigenvalue weighted by Crippen LogP contribution is -2.56. The molecule has 2 heteroatoms. The third kappa shape index (κ3) is 2.02. The highest BCUT2D eigenvalue weighted by Crippen LogP contribution is 2.67. The van der Waals surface area contributed by atoms with Crippen molar-refractivity contribution in [3.05, 3.63) is 0 Å². The lowest BCUT2D eigenvalue weighted by molar-refractivity contribution is -0.145. The Morgan fingerprint density at radius 2 is 1.52 bits per heavy atom. The molecule has 128 valence electrons. The smallest absolute Gasteiger partial charge is 0.0661 e. The Balaban J connectivity index is 1.64. The normalized spacial score (nSPS) is 58.7. The maximum Gasteiger partial charge on any atom is 0.0661 e. The van der Waals surface area contributed by atoms with Crippen LogP contribution in [0.5, 0.6) is 0 Å². The number of hydrogen-bond acceptors (Lipinski definition) is 2. The van der Waals surface area contributed by atoms with Gasteiger partial charge in [-0.2, -0.15) is 5.26 Å². The van der Waals surface area contributed by atoms with Crippen LogP contribution in [0.4, 0.5) is 0 Å². The summed E-state index contributed by atoms with van der Waals surface area (Å²) < 4.78 is 0. The fraction of sp³-hybridized carbons (Fsp3) is 0.952. The Morgan fingerprint density at radius 1 is 0.870 bits per heavy atom. The summed E-state index contributed by atoms with van der Waals surface area (Å²) in [4.78, 5) is 0. The van der Waals surface area contributed by atoms with E-state index in [0.717, 1.165) is 30.6 Å². The van der Waals surface area contributed by atoms with Crippen molar-refractivity contribution in [2.45, 2.75) is 78.2 Å². The van der Waals surface area contributed by atoms with E-state index in [-0.39, 0.29) is 6.10 Å². The summed E-state index contributed by atoms with van der Waals surface area (Å²) in [5.41, 5.74) is 0.729. The first kappa shape index (κ1) is 15.9. The number of hydrogen-bond donors (Lipinski definition) is 1. The van der Waals surface area contributed by atoms with Crippen molar-refractivity contribution in [3.63, 3.8) is 0 Å². The van der Waals surface area contributed by atoms with Crippen LogP contribution in [0.3, 0.4) is 0 Å². The minimum absolute atomic E-state index is 0.0760. The van der Waals surface area contributed by atoms with Gasteiger partial charge < -0.3 is 5.11 Å². The summed E-state index contributed by atoms with van der Waals surface area (Å²) in [7, 11) is 0. The minimum atomic E-state index is -0.0760. The van der Waals surface area contributed by atoms with Crippen molar-refractivity contribution < 1.29 is 5.11 Å². The Kier molecular flexibility index (Phi) is 3.62. The van der Waals surface area contributed by atoms with Gasteiger partial charge in [0.1, 0.15) is 0 Å². The lowest BCUT2D eigenvalue weighted by atomic mass is 9.43. The zero-order chi connectivity index (χ0) is 16.4. The molecule has 9 atom stereocenters. The van der Waals surface area contributed by atoms with E-state index in [1.165, 1.54) is 38.5 Å². The van der Waals surface area contributed by atoms with E-state index in [0.29, 0.717) is 28.6 Å². The molecule has 0 radical (unpaired) electrons. The van der Waals surface area contributed by atoms with Crippen molar-refractivity contribution in [2.75, 3.05) is 0 Å². The molecule has 0 aromatic rings. The Hall–Kier alpha value is -0.550. The first-order chi connectivity index (χ1) is 10.9. The monoisotopic (exact) mass is 315 g/mol. The van der Waals surface area contributed by atoms with Gasteiger partial charge in [0.25, 0.3) is 0 Å². The van der Waals surface area contributed by atoms with Crippen molar-refractivity contribution in [1.29, 1.82) is 5.26 Å². The fourth-order valence-corrected chi connectivity index (χ4v) is 7.92. The second-order valence-electron chi connectivity index (χ2n) is 9.84. The molecule has 0 aliphatic heterocycles. The van der Waals surface area contributed by atoms with Crippen molar-refractivity contribution in [2.24, 2.45) is 46.3 Å². The molecule has 3 unspecified atom stereocenters. The van der Waals surface area contributed by atoms with Gasteiger partial charge in [-0.05, 0) is 91.8 Å². The first-order valence-electron chi connectivity index (χ1n) is 9.99. The summed E-state index contributed by atoms with van der Waals surface area (Å²) >= 11 is 0. The minimum Gasteiger partial charge on any atom is -0.393 e. The van der Waals surface area contributed by atoms with Gasteiger partial charge in [0, 0.05) is 0 Å². The largest absolute Gasteiger partial charge is 0.393 e. The van der Waals surface area contributed by atoms with Gasteiger partial charge in [0.15, 0.2) is 0 Å². The third-order valence-electron chi connectivity index (χ3n) is 9.32. The Bertz CT molecular complexity index is 524. The zero-order valence-corrected chi connectivity index (χ0v) is 15.1. The number of nitriles is 1. The van der Waals surface area contributed by atoms with Gasteiger partial charge >= 0.3 is 0 Å². The van der Waals surface area contributed by atoms with Gasteiger partial charge in [-0.1, -0.05) is 20.8 Å². The first-order valence-corrected chi connectivity index (χ1v) is 9.99.